The molecule has 3 nitrogen and oxygen atoms in total. The molecular formula is C19H17FN2OS. The number of thiazole rings is 1. The molecule has 1 amide bonds. The fraction of sp³-hybridized carbons (Fsp3) is 0.158. The molecule has 3 aromatic rings. The molecular weight excluding hydrogens is 323 g/mol. The van der Waals surface area contributed by atoms with E-state index in [-0.39, 0.29) is 18.1 Å². The van der Waals surface area contributed by atoms with Crippen molar-refractivity contribution in [3.05, 3.63) is 77.1 Å². The van der Waals surface area contributed by atoms with Gasteiger partial charge >= 0.3 is 0 Å². The lowest BCUT2D eigenvalue weighted by molar-refractivity contribution is -0.120. The zero-order valence-corrected chi connectivity index (χ0v) is 13.9. The summed E-state index contributed by atoms with van der Waals surface area (Å²) in [5, 5.41) is 5.89. The lowest BCUT2D eigenvalue weighted by Gasteiger charge is -2.04. The second kappa shape index (κ2) is 7.84. The van der Waals surface area contributed by atoms with E-state index < -0.39 is 0 Å². The van der Waals surface area contributed by atoms with E-state index in [9.17, 15) is 9.18 Å². The molecule has 0 unspecified atom stereocenters. The van der Waals surface area contributed by atoms with Gasteiger partial charge in [0.2, 0.25) is 5.91 Å². The van der Waals surface area contributed by atoms with Crippen LogP contribution in [0.2, 0.25) is 0 Å². The molecule has 0 aliphatic carbocycles. The smallest absolute Gasteiger partial charge is 0.224 e. The van der Waals surface area contributed by atoms with Gasteiger partial charge in [0.15, 0.2) is 0 Å². The second-order valence-corrected chi connectivity index (χ2v) is 6.27. The van der Waals surface area contributed by atoms with Crippen molar-refractivity contribution in [1.82, 2.24) is 10.3 Å². The first-order valence-electron chi connectivity index (χ1n) is 7.72. The number of halogens is 1. The first-order chi connectivity index (χ1) is 11.7. The summed E-state index contributed by atoms with van der Waals surface area (Å²) in [6.45, 7) is 0.540. The summed E-state index contributed by atoms with van der Waals surface area (Å²) in [5.41, 5.74) is 2.88. The van der Waals surface area contributed by atoms with Gasteiger partial charge in [-0.1, -0.05) is 42.5 Å². The van der Waals surface area contributed by atoms with Gasteiger partial charge in [0.25, 0.3) is 0 Å². The lowest BCUT2D eigenvalue weighted by Crippen LogP contribution is -2.27. The van der Waals surface area contributed by atoms with Crippen LogP contribution < -0.4 is 5.32 Å². The number of carbonyl (C=O) groups excluding carboxylic acids is 1. The van der Waals surface area contributed by atoms with Crippen LogP contribution in [0.25, 0.3) is 10.6 Å². The third-order valence-corrected chi connectivity index (χ3v) is 4.49. The van der Waals surface area contributed by atoms with Crippen LogP contribution >= 0.6 is 11.3 Å². The molecule has 24 heavy (non-hydrogen) atoms. The number of hydrogen-bond acceptors (Lipinski definition) is 3. The number of hydrogen-bond donors (Lipinski definition) is 1. The highest BCUT2D eigenvalue weighted by molar-refractivity contribution is 7.13. The Balaban J connectivity index is 1.47. The topological polar surface area (TPSA) is 42.0 Å². The minimum Gasteiger partial charge on any atom is -0.355 e. The molecule has 0 saturated heterocycles. The quantitative estimate of drug-likeness (QED) is 0.740. The van der Waals surface area contributed by atoms with E-state index in [1.165, 1.54) is 12.1 Å². The predicted molar refractivity (Wildman–Crippen MR) is 94.4 cm³/mol. The Labute approximate surface area is 144 Å². The minimum absolute atomic E-state index is 0.0693. The average Bonchev–Trinajstić information content (AvgIpc) is 3.07. The van der Waals surface area contributed by atoms with Crippen LogP contribution in [-0.4, -0.2) is 17.4 Å². The summed E-state index contributed by atoms with van der Waals surface area (Å²) in [4.78, 5) is 16.5. The maximum absolute atomic E-state index is 12.8. The maximum atomic E-state index is 12.8. The molecule has 0 fully saturated rings. The van der Waals surface area contributed by atoms with Crippen LogP contribution in [0.15, 0.2) is 60.0 Å². The van der Waals surface area contributed by atoms with Crippen molar-refractivity contribution >= 4 is 17.2 Å². The van der Waals surface area contributed by atoms with Gasteiger partial charge in [-0.2, -0.15) is 0 Å². The Hall–Kier alpha value is -2.53. The van der Waals surface area contributed by atoms with Gasteiger partial charge in [-0.3, -0.25) is 4.79 Å². The molecule has 0 aliphatic heterocycles. The van der Waals surface area contributed by atoms with Crippen molar-refractivity contribution < 1.29 is 9.18 Å². The summed E-state index contributed by atoms with van der Waals surface area (Å²) in [5.74, 6) is -0.364. The number of rotatable bonds is 6. The fourth-order valence-corrected chi connectivity index (χ4v) is 3.18. The normalized spacial score (nSPS) is 10.5. The SMILES string of the molecule is O=C(Cc1ccc(F)cc1)NCCc1csc(-c2ccccc2)n1. The number of benzene rings is 2. The Morgan fingerprint density at radius 1 is 1.08 bits per heavy atom. The van der Waals surface area contributed by atoms with Crippen molar-refractivity contribution in [2.24, 2.45) is 0 Å². The number of carbonyl (C=O) groups is 1. The van der Waals surface area contributed by atoms with E-state index in [2.05, 4.69) is 10.3 Å². The van der Waals surface area contributed by atoms with Gasteiger partial charge in [0.05, 0.1) is 12.1 Å². The molecule has 5 heteroatoms. The molecule has 122 valence electrons. The van der Waals surface area contributed by atoms with E-state index in [1.54, 1.807) is 23.5 Å². The average molecular weight is 340 g/mol. The third kappa shape index (κ3) is 4.49. The molecule has 0 radical (unpaired) electrons. The van der Waals surface area contributed by atoms with E-state index in [1.807, 2.05) is 35.7 Å². The maximum Gasteiger partial charge on any atom is 0.224 e. The van der Waals surface area contributed by atoms with Crippen LogP contribution in [0, 0.1) is 5.82 Å². The van der Waals surface area contributed by atoms with Gasteiger partial charge in [-0.25, -0.2) is 9.37 Å². The van der Waals surface area contributed by atoms with E-state index in [0.29, 0.717) is 13.0 Å². The van der Waals surface area contributed by atoms with E-state index in [0.717, 1.165) is 21.8 Å². The Morgan fingerprint density at radius 2 is 1.83 bits per heavy atom. The number of amides is 1. The predicted octanol–water partition coefficient (Wildman–Crippen LogP) is 3.85. The third-order valence-electron chi connectivity index (χ3n) is 3.55. The van der Waals surface area contributed by atoms with Gasteiger partial charge in [-0.05, 0) is 17.7 Å². The Kier molecular flexibility index (Phi) is 5.33. The Morgan fingerprint density at radius 3 is 2.58 bits per heavy atom. The Bertz CT molecular complexity index is 800. The summed E-state index contributed by atoms with van der Waals surface area (Å²) in [6, 6.07) is 16.0. The molecule has 0 bridgehead atoms. The zero-order chi connectivity index (χ0) is 16.8. The molecule has 2 aromatic carbocycles. The fourth-order valence-electron chi connectivity index (χ4n) is 2.32. The van der Waals surface area contributed by atoms with Crippen molar-refractivity contribution in [2.45, 2.75) is 12.8 Å². The van der Waals surface area contributed by atoms with Gasteiger partial charge in [-0.15, -0.1) is 11.3 Å². The summed E-state index contributed by atoms with van der Waals surface area (Å²) >= 11 is 1.61. The highest BCUT2D eigenvalue weighted by atomic mass is 32.1. The zero-order valence-electron chi connectivity index (χ0n) is 13.0. The van der Waals surface area contributed by atoms with E-state index in [4.69, 9.17) is 0 Å². The minimum atomic E-state index is -0.295. The molecule has 1 N–H and O–H groups in total. The molecule has 1 heterocycles. The van der Waals surface area contributed by atoms with Gasteiger partial charge in [0, 0.05) is 23.9 Å². The largest absolute Gasteiger partial charge is 0.355 e. The van der Waals surface area contributed by atoms with Gasteiger partial charge in [0.1, 0.15) is 10.8 Å². The van der Waals surface area contributed by atoms with Crippen molar-refractivity contribution in [3.8, 4) is 10.6 Å². The van der Waals surface area contributed by atoms with Crippen LogP contribution in [0.5, 0.6) is 0 Å². The number of nitrogens with zero attached hydrogens (tertiary/aromatic N) is 1. The summed E-state index contributed by atoms with van der Waals surface area (Å²) < 4.78 is 12.8. The highest BCUT2D eigenvalue weighted by Gasteiger charge is 2.06. The first kappa shape index (κ1) is 16.3. The van der Waals surface area contributed by atoms with Gasteiger partial charge < -0.3 is 5.32 Å². The number of aromatic nitrogens is 1. The molecule has 0 aliphatic rings. The monoisotopic (exact) mass is 340 g/mol. The highest BCUT2D eigenvalue weighted by Crippen LogP contribution is 2.23. The molecule has 0 saturated carbocycles. The second-order valence-electron chi connectivity index (χ2n) is 5.41. The van der Waals surface area contributed by atoms with Crippen LogP contribution in [0.3, 0.4) is 0 Å². The van der Waals surface area contributed by atoms with Crippen molar-refractivity contribution in [3.63, 3.8) is 0 Å². The van der Waals surface area contributed by atoms with E-state index >= 15 is 0 Å². The number of nitrogens with one attached hydrogen (secondary N) is 1. The lowest BCUT2D eigenvalue weighted by atomic mass is 10.1. The van der Waals surface area contributed by atoms with Crippen molar-refractivity contribution in [2.75, 3.05) is 6.54 Å². The summed E-state index contributed by atoms with van der Waals surface area (Å²) in [6.07, 6.45) is 0.950. The molecule has 1 aromatic heterocycles. The molecule has 3 rings (SSSR count). The first-order valence-corrected chi connectivity index (χ1v) is 8.59. The van der Waals surface area contributed by atoms with Crippen LogP contribution in [0.4, 0.5) is 4.39 Å². The van der Waals surface area contributed by atoms with Crippen LogP contribution in [0.1, 0.15) is 11.3 Å². The summed E-state index contributed by atoms with van der Waals surface area (Å²) in [7, 11) is 0. The molecule has 0 spiro atoms. The van der Waals surface area contributed by atoms with Crippen LogP contribution in [-0.2, 0) is 17.6 Å². The standard InChI is InChI=1S/C19H17FN2OS/c20-16-8-6-14(7-9-16)12-18(23)21-11-10-17-13-24-19(22-17)15-4-2-1-3-5-15/h1-9,13H,10-12H2,(H,21,23). The van der Waals surface area contributed by atoms with Crippen molar-refractivity contribution in [1.29, 1.82) is 0 Å². The molecule has 0 atom stereocenters.